The molecule has 3 atom stereocenters. The zero-order valence-electron chi connectivity index (χ0n) is 8.46. The predicted octanol–water partition coefficient (Wildman–Crippen LogP) is -0.329. The van der Waals surface area contributed by atoms with E-state index in [0.29, 0.717) is 12.4 Å². The number of carboxylic acids is 1. The van der Waals surface area contributed by atoms with Crippen LogP contribution >= 0.6 is 11.8 Å². The van der Waals surface area contributed by atoms with Crippen molar-refractivity contribution in [3.8, 4) is 0 Å². The lowest BCUT2D eigenvalue weighted by Crippen LogP contribution is -2.34. The first-order valence-corrected chi connectivity index (χ1v) is 6.11. The van der Waals surface area contributed by atoms with Gasteiger partial charge in [-0.15, -0.1) is 0 Å². The molecule has 88 valence electrons. The number of aliphatic hydroxyl groups is 1. The van der Waals surface area contributed by atoms with Gasteiger partial charge in [-0.3, -0.25) is 4.79 Å². The zero-order chi connectivity index (χ0) is 11.3. The SMILES string of the molecule is N[C@H](CSCC1CCC(O)CO1)C(=O)O. The monoisotopic (exact) mass is 235 g/mol. The molecule has 1 saturated heterocycles. The van der Waals surface area contributed by atoms with E-state index in [-0.39, 0.29) is 12.2 Å². The van der Waals surface area contributed by atoms with E-state index in [0.717, 1.165) is 18.6 Å². The number of hydrogen-bond donors (Lipinski definition) is 3. The van der Waals surface area contributed by atoms with Crippen molar-refractivity contribution < 1.29 is 19.7 Å². The van der Waals surface area contributed by atoms with Crippen LogP contribution in [0.3, 0.4) is 0 Å². The van der Waals surface area contributed by atoms with E-state index in [2.05, 4.69) is 0 Å². The van der Waals surface area contributed by atoms with Gasteiger partial charge in [-0.2, -0.15) is 11.8 Å². The van der Waals surface area contributed by atoms with Crippen LogP contribution in [0.4, 0.5) is 0 Å². The second-order valence-electron chi connectivity index (χ2n) is 3.67. The minimum atomic E-state index is -0.970. The van der Waals surface area contributed by atoms with Gasteiger partial charge in [-0.05, 0) is 12.8 Å². The maximum Gasteiger partial charge on any atom is 0.321 e. The summed E-state index contributed by atoms with van der Waals surface area (Å²) in [6.45, 7) is 0.385. The standard InChI is InChI=1S/C9H17NO4S/c10-8(9(12)13)5-15-4-7-2-1-6(11)3-14-7/h6-8,11H,1-5,10H2,(H,12,13)/t6?,7?,8-/m1/s1. The molecule has 1 aliphatic heterocycles. The Labute approximate surface area is 93.0 Å². The van der Waals surface area contributed by atoms with Gasteiger partial charge in [-0.1, -0.05) is 0 Å². The number of carboxylic acid groups (broad SMARTS) is 1. The number of aliphatic hydroxyl groups excluding tert-OH is 1. The lowest BCUT2D eigenvalue weighted by atomic mass is 10.1. The fourth-order valence-electron chi connectivity index (χ4n) is 1.32. The van der Waals surface area contributed by atoms with Gasteiger partial charge in [0.1, 0.15) is 6.04 Å². The molecule has 1 fully saturated rings. The molecule has 0 aromatic carbocycles. The Morgan fingerprint density at radius 2 is 2.33 bits per heavy atom. The van der Waals surface area contributed by atoms with E-state index in [1.807, 2.05) is 0 Å². The van der Waals surface area contributed by atoms with Crippen LogP contribution in [-0.4, -0.2) is 52.5 Å². The maximum absolute atomic E-state index is 10.4. The van der Waals surface area contributed by atoms with E-state index in [1.165, 1.54) is 11.8 Å². The minimum Gasteiger partial charge on any atom is -0.480 e. The molecule has 0 aromatic heterocycles. The van der Waals surface area contributed by atoms with E-state index in [9.17, 15) is 9.90 Å². The summed E-state index contributed by atoms with van der Waals surface area (Å²) in [5.74, 6) is 0.174. The van der Waals surface area contributed by atoms with E-state index in [1.54, 1.807) is 0 Å². The molecule has 2 unspecified atom stereocenters. The summed E-state index contributed by atoms with van der Waals surface area (Å²) in [6.07, 6.45) is 1.37. The first kappa shape index (κ1) is 12.8. The second kappa shape index (κ2) is 6.32. The lowest BCUT2D eigenvalue weighted by molar-refractivity contribution is -0.137. The van der Waals surface area contributed by atoms with Gasteiger partial charge in [0.25, 0.3) is 0 Å². The number of nitrogens with two attached hydrogens (primary N) is 1. The summed E-state index contributed by atoms with van der Waals surface area (Å²) in [7, 11) is 0. The third-order valence-electron chi connectivity index (χ3n) is 2.26. The normalized spacial score (nSPS) is 28.7. The maximum atomic E-state index is 10.4. The van der Waals surface area contributed by atoms with E-state index >= 15 is 0 Å². The molecule has 0 aromatic rings. The molecule has 0 saturated carbocycles. The summed E-state index contributed by atoms with van der Waals surface area (Å²) in [6, 6.07) is -0.802. The van der Waals surface area contributed by atoms with Crippen LogP contribution in [-0.2, 0) is 9.53 Å². The molecule has 1 rings (SSSR count). The van der Waals surface area contributed by atoms with Crippen molar-refractivity contribution in [2.75, 3.05) is 18.1 Å². The number of aliphatic carboxylic acids is 1. The molecular formula is C9H17NO4S. The van der Waals surface area contributed by atoms with Gasteiger partial charge >= 0.3 is 5.97 Å². The number of hydrogen-bond acceptors (Lipinski definition) is 5. The number of thioether (sulfide) groups is 1. The molecule has 1 aliphatic rings. The third kappa shape index (κ3) is 4.83. The van der Waals surface area contributed by atoms with Crippen molar-refractivity contribution in [3.05, 3.63) is 0 Å². The van der Waals surface area contributed by atoms with Crippen LogP contribution in [0.2, 0.25) is 0 Å². The van der Waals surface area contributed by atoms with Gasteiger partial charge in [0, 0.05) is 11.5 Å². The van der Waals surface area contributed by atoms with Crippen LogP contribution in [0.1, 0.15) is 12.8 Å². The van der Waals surface area contributed by atoms with Crippen LogP contribution in [0.5, 0.6) is 0 Å². The Kier molecular flexibility index (Phi) is 5.38. The van der Waals surface area contributed by atoms with Gasteiger partial charge < -0.3 is 20.7 Å². The lowest BCUT2D eigenvalue weighted by Gasteiger charge is -2.25. The Hall–Kier alpha value is -0.300. The predicted molar refractivity (Wildman–Crippen MR) is 57.9 cm³/mol. The quantitative estimate of drug-likeness (QED) is 0.604. The molecule has 0 aliphatic carbocycles. The molecule has 4 N–H and O–H groups in total. The topological polar surface area (TPSA) is 92.8 Å². The molecular weight excluding hydrogens is 218 g/mol. The van der Waals surface area contributed by atoms with Crippen LogP contribution < -0.4 is 5.73 Å². The highest BCUT2D eigenvalue weighted by Gasteiger charge is 2.20. The Bertz CT molecular complexity index is 206. The fourth-order valence-corrected chi connectivity index (χ4v) is 2.38. The second-order valence-corrected chi connectivity index (χ2v) is 4.74. The summed E-state index contributed by atoms with van der Waals surface area (Å²) < 4.78 is 5.37. The first-order chi connectivity index (χ1) is 7.09. The summed E-state index contributed by atoms with van der Waals surface area (Å²) in [5.41, 5.74) is 5.35. The van der Waals surface area contributed by atoms with Crippen LogP contribution in [0, 0.1) is 0 Å². The van der Waals surface area contributed by atoms with Crippen molar-refractivity contribution in [3.63, 3.8) is 0 Å². The van der Waals surface area contributed by atoms with Gasteiger partial charge in [-0.25, -0.2) is 0 Å². The highest BCUT2D eigenvalue weighted by molar-refractivity contribution is 7.99. The van der Waals surface area contributed by atoms with Crippen molar-refractivity contribution in [2.24, 2.45) is 5.73 Å². The van der Waals surface area contributed by atoms with Crippen molar-refractivity contribution in [1.82, 2.24) is 0 Å². The average molecular weight is 235 g/mol. The van der Waals surface area contributed by atoms with Gasteiger partial charge in [0.15, 0.2) is 0 Å². The van der Waals surface area contributed by atoms with E-state index in [4.69, 9.17) is 15.6 Å². The summed E-state index contributed by atoms with van der Waals surface area (Å²) in [4.78, 5) is 10.4. The molecule has 1 heterocycles. The van der Waals surface area contributed by atoms with Crippen molar-refractivity contribution in [2.45, 2.75) is 31.1 Å². The molecule has 6 heteroatoms. The van der Waals surface area contributed by atoms with Crippen LogP contribution in [0.15, 0.2) is 0 Å². The van der Waals surface area contributed by atoms with Crippen molar-refractivity contribution in [1.29, 1.82) is 0 Å². The smallest absolute Gasteiger partial charge is 0.321 e. The van der Waals surface area contributed by atoms with Gasteiger partial charge in [0.05, 0.1) is 18.8 Å². The highest BCUT2D eigenvalue weighted by atomic mass is 32.2. The molecule has 0 spiro atoms. The zero-order valence-corrected chi connectivity index (χ0v) is 9.28. The molecule has 0 bridgehead atoms. The largest absolute Gasteiger partial charge is 0.480 e. The van der Waals surface area contributed by atoms with Crippen molar-refractivity contribution >= 4 is 17.7 Å². The molecule has 5 nitrogen and oxygen atoms in total. The minimum absolute atomic E-state index is 0.124. The molecule has 0 amide bonds. The summed E-state index contributed by atoms with van der Waals surface area (Å²) >= 11 is 1.48. The summed E-state index contributed by atoms with van der Waals surface area (Å²) in [5, 5.41) is 17.7. The Morgan fingerprint density at radius 3 is 2.87 bits per heavy atom. The third-order valence-corrected chi connectivity index (χ3v) is 3.47. The van der Waals surface area contributed by atoms with Crippen LogP contribution in [0.25, 0.3) is 0 Å². The Morgan fingerprint density at radius 1 is 1.60 bits per heavy atom. The first-order valence-electron chi connectivity index (χ1n) is 4.95. The highest BCUT2D eigenvalue weighted by Crippen LogP contribution is 2.17. The van der Waals surface area contributed by atoms with Gasteiger partial charge in [0.2, 0.25) is 0 Å². The van der Waals surface area contributed by atoms with E-state index < -0.39 is 12.0 Å². The fraction of sp³-hybridized carbons (Fsp3) is 0.889. The average Bonchev–Trinajstić information content (AvgIpc) is 2.20. The number of carbonyl (C=O) groups is 1. The number of rotatable bonds is 5. The Balaban J connectivity index is 2.07. The molecule has 0 radical (unpaired) electrons. The number of ether oxygens (including phenoxy) is 1. The molecule has 15 heavy (non-hydrogen) atoms.